The fourth-order valence-electron chi connectivity index (χ4n) is 19.5. The molecule has 20 aromatic carbocycles. The van der Waals surface area contributed by atoms with Crippen LogP contribution in [-0.2, 0) is 0 Å². The molecule has 126 heavy (non-hydrogen) atoms. The van der Waals surface area contributed by atoms with Crippen LogP contribution >= 0.6 is 0 Å². The largest absolute Gasteiger partial charge is 0.456 e. The summed E-state index contributed by atoms with van der Waals surface area (Å²) in [5.41, 5.74) is 37.2. The summed E-state index contributed by atoms with van der Waals surface area (Å²) in [6.07, 6.45) is 0. The van der Waals surface area contributed by atoms with Gasteiger partial charge in [0.1, 0.15) is 22.3 Å². The Morgan fingerprint density at radius 3 is 1.05 bits per heavy atom. The van der Waals surface area contributed by atoms with E-state index in [1.54, 1.807) is 0 Å². The minimum Gasteiger partial charge on any atom is -0.456 e. The predicted molar refractivity (Wildman–Crippen MR) is 528 cm³/mol. The molecular formula is C120H78N4O2. The molecule has 4 heterocycles. The van der Waals surface area contributed by atoms with Crippen molar-refractivity contribution in [2.75, 3.05) is 9.80 Å². The molecule has 0 aliphatic rings. The molecule has 4 aromatic heterocycles. The SMILES string of the molecule is c1ccc(-c2ccccc2N(c2ccc(-c3ccc(-n4c5ccccc5c5c(-c6cccc(-c7ccccc7N(c7ccc(-c8ccc(-n9c%10ccccc%10c%10ccccc%109)cc8)cc7)c7ccc(-c8ccccc8-c8cccc9oc%10ccccc%10c89)cc7)c6)cccc54)cc3)cc2)c2cccc(-c3ccc(-c4cccc5oc6ccccc6c45)cc3)c2)cc1. The van der Waals surface area contributed by atoms with Crippen LogP contribution in [0.5, 0.6) is 0 Å². The topological polar surface area (TPSA) is 42.6 Å². The first-order chi connectivity index (χ1) is 62.5. The number of anilines is 6. The summed E-state index contributed by atoms with van der Waals surface area (Å²) in [7, 11) is 0. The average molecular weight is 1610 g/mol. The molecule has 0 fully saturated rings. The highest BCUT2D eigenvalue weighted by Gasteiger charge is 2.25. The van der Waals surface area contributed by atoms with E-state index in [1.165, 1.54) is 32.6 Å². The van der Waals surface area contributed by atoms with Gasteiger partial charge in [-0.15, -0.1) is 0 Å². The van der Waals surface area contributed by atoms with Crippen LogP contribution in [-0.4, -0.2) is 9.13 Å². The van der Waals surface area contributed by atoms with Crippen LogP contribution in [0.2, 0.25) is 0 Å². The smallest absolute Gasteiger partial charge is 0.136 e. The number of fused-ring (bicyclic) bond motifs is 12. The molecule has 0 aliphatic heterocycles. The fraction of sp³-hybridized carbons (Fsp3) is 0. The zero-order valence-corrected chi connectivity index (χ0v) is 68.6. The van der Waals surface area contributed by atoms with Gasteiger partial charge in [0.15, 0.2) is 0 Å². The second-order valence-corrected chi connectivity index (χ2v) is 32.5. The Hall–Kier alpha value is -16.8. The summed E-state index contributed by atoms with van der Waals surface area (Å²) in [4.78, 5) is 4.83. The van der Waals surface area contributed by atoms with Crippen LogP contribution in [0.15, 0.2) is 482 Å². The summed E-state index contributed by atoms with van der Waals surface area (Å²) in [6.45, 7) is 0. The molecule has 590 valence electrons. The highest BCUT2D eigenvalue weighted by molar-refractivity contribution is 6.18. The van der Waals surface area contributed by atoms with Crippen molar-refractivity contribution in [3.8, 4) is 112 Å². The van der Waals surface area contributed by atoms with Gasteiger partial charge >= 0.3 is 0 Å². The van der Waals surface area contributed by atoms with Crippen molar-refractivity contribution in [3.05, 3.63) is 473 Å². The minimum absolute atomic E-state index is 0.878. The number of hydrogen-bond donors (Lipinski definition) is 0. The third-order valence-corrected chi connectivity index (χ3v) is 25.4. The Bertz CT molecular complexity index is 8250. The highest BCUT2D eigenvalue weighted by atomic mass is 16.3. The van der Waals surface area contributed by atoms with Gasteiger partial charge in [0.05, 0.1) is 33.4 Å². The Morgan fingerprint density at radius 1 is 0.159 bits per heavy atom. The first kappa shape index (κ1) is 73.1. The number of hydrogen-bond acceptors (Lipinski definition) is 4. The van der Waals surface area contributed by atoms with Crippen molar-refractivity contribution in [3.63, 3.8) is 0 Å². The lowest BCUT2D eigenvalue weighted by Gasteiger charge is -2.28. The molecule has 0 bridgehead atoms. The van der Waals surface area contributed by atoms with Crippen LogP contribution in [0, 0.1) is 0 Å². The maximum absolute atomic E-state index is 6.44. The van der Waals surface area contributed by atoms with Crippen molar-refractivity contribution >= 4 is 122 Å². The van der Waals surface area contributed by atoms with Crippen LogP contribution in [0.4, 0.5) is 34.1 Å². The van der Waals surface area contributed by atoms with Gasteiger partial charge in [-0.2, -0.15) is 0 Å². The predicted octanol–water partition coefficient (Wildman–Crippen LogP) is 33.6. The number of benzene rings is 20. The summed E-state index contributed by atoms with van der Waals surface area (Å²) >= 11 is 0. The molecule has 0 aliphatic carbocycles. The van der Waals surface area contributed by atoms with Crippen molar-refractivity contribution in [1.82, 2.24) is 9.13 Å². The van der Waals surface area contributed by atoms with E-state index in [2.05, 4.69) is 474 Å². The lowest BCUT2D eigenvalue weighted by Crippen LogP contribution is -2.11. The van der Waals surface area contributed by atoms with Crippen molar-refractivity contribution in [2.45, 2.75) is 0 Å². The van der Waals surface area contributed by atoms with Crippen LogP contribution < -0.4 is 9.80 Å². The Morgan fingerprint density at radius 2 is 0.476 bits per heavy atom. The molecule has 0 saturated heterocycles. The first-order valence-corrected chi connectivity index (χ1v) is 43.1. The summed E-state index contributed by atoms with van der Waals surface area (Å²) in [5.74, 6) is 0. The molecule has 0 spiro atoms. The molecule has 24 rings (SSSR count). The van der Waals surface area contributed by atoms with Crippen LogP contribution in [0.1, 0.15) is 0 Å². The summed E-state index contributed by atoms with van der Waals surface area (Å²) in [6, 6.07) is 172. The molecule has 0 amide bonds. The van der Waals surface area contributed by atoms with E-state index < -0.39 is 0 Å². The van der Waals surface area contributed by atoms with Gasteiger partial charge < -0.3 is 27.8 Å². The zero-order chi connectivity index (χ0) is 83.1. The van der Waals surface area contributed by atoms with Crippen LogP contribution in [0.25, 0.3) is 199 Å². The lowest BCUT2D eigenvalue weighted by atomic mass is 9.92. The Balaban J connectivity index is 0.557. The standard InChI is InChI=1S/C120H78N4O2/c1-2-25-84(26-3-1)97-32-6-13-43-108(97)122(95-30-21-27-87(78-95)83-53-55-86(56-54-83)99-41-23-51-116-119(99)106-38-11-18-49-114(106)125-116)92-69-59-80(60-70-92)82-63-73-94(74-64-82)124-112-47-17-10-37-105(112)118-100(40-22-48-113(118)124)89-29-20-28-88(77-89)98-33-7-14-44-109(98)121(90-67-57-79(58-68-90)81-61-71-93(72-62-81)123-110-45-15-8-35-102(110)103-36-9-16-46-111(103)123)91-75-65-85(66-76-91)96-31-4-5-34-101(96)104-42-24-52-117-120(104)107-39-12-19-50-115(107)126-117/h1-78H. The maximum atomic E-state index is 6.44. The minimum atomic E-state index is 0.878. The van der Waals surface area contributed by atoms with Crippen molar-refractivity contribution in [1.29, 1.82) is 0 Å². The quantitative estimate of drug-likeness (QED) is 0.0911. The van der Waals surface area contributed by atoms with Gasteiger partial charge in [0.2, 0.25) is 0 Å². The average Bonchev–Trinajstić information content (AvgIpc) is 1.57. The van der Waals surface area contributed by atoms with Gasteiger partial charge in [0, 0.05) is 88.3 Å². The monoisotopic (exact) mass is 1610 g/mol. The molecular weight excluding hydrogens is 1530 g/mol. The molecule has 6 nitrogen and oxygen atoms in total. The van der Waals surface area contributed by atoms with Gasteiger partial charge in [-0.05, 0) is 229 Å². The molecule has 0 radical (unpaired) electrons. The number of para-hydroxylation sites is 7. The van der Waals surface area contributed by atoms with E-state index in [9.17, 15) is 0 Å². The first-order valence-electron chi connectivity index (χ1n) is 43.1. The summed E-state index contributed by atoms with van der Waals surface area (Å²) < 4.78 is 17.6. The van der Waals surface area contributed by atoms with E-state index in [0.29, 0.717) is 0 Å². The third-order valence-electron chi connectivity index (χ3n) is 25.4. The molecule has 0 unspecified atom stereocenters. The van der Waals surface area contributed by atoms with E-state index in [1.807, 2.05) is 18.2 Å². The van der Waals surface area contributed by atoms with Gasteiger partial charge in [0.25, 0.3) is 0 Å². The van der Waals surface area contributed by atoms with E-state index in [4.69, 9.17) is 8.83 Å². The number of furan rings is 2. The van der Waals surface area contributed by atoms with Gasteiger partial charge in [-0.3, -0.25) is 0 Å². The fourth-order valence-corrected chi connectivity index (χ4v) is 19.5. The number of nitrogens with zero attached hydrogens (tertiary/aromatic N) is 4. The van der Waals surface area contributed by atoms with Gasteiger partial charge in [-0.1, -0.05) is 334 Å². The molecule has 0 saturated carbocycles. The Kier molecular flexibility index (Phi) is 17.8. The molecule has 0 atom stereocenters. The number of aromatic nitrogens is 2. The maximum Gasteiger partial charge on any atom is 0.136 e. The Labute approximate surface area is 729 Å². The summed E-state index contributed by atoms with van der Waals surface area (Å²) in [5, 5.41) is 9.38. The van der Waals surface area contributed by atoms with Gasteiger partial charge in [-0.25, -0.2) is 0 Å². The van der Waals surface area contributed by atoms with E-state index in [0.717, 1.165) is 201 Å². The third kappa shape index (κ3) is 12.6. The normalized spacial score (nSPS) is 11.7. The molecule has 0 N–H and O–H groups in total. The van der Waals surface area contributed by atoms with Crippen molar-refractivity contribution in [2.24, 2.45) is 0 Å². The number of rotatable bonds is 17. The zero-order valence-electron chi connectivity index (χ0n) is 68.6. The van der Waals surface area contributed by atoms with Crippen LogP contribution in [0.3, 0.4) is 0 Å². The molecule has 6 heteroatoms. The second kappa shape index (κ2) is 30.7. The second-order valence-electron chi connectivity index (χ2n) is 32.5. The molecule has 24 aromatic rings. The van der Waals surface area contributed by atoms with E-state index >= 15 is 0 Å². The highest BCUT2D eigenvalue weighted by Crippen LogP contribution is 2.49. The van der Waals surface area contributed by atoms with E-state index in [-0.39, 0.29) is 0 Å². The lowest BCUT2D eigenvalue weighted by molar-refractivity contribution is 0.668. The van der Waals surface area contributed by atoms with Crippen molar-refractivity contribution < 1.29 is 8.83 Å².